The lowest BCUT2D eigenvalue weighted by Crippen LogP contribution is -2.50. The van der Waals surface area contributed by atoms with Crippen LogP contribution in [0.25, 0.3) is 0 Å². The minimum absolute atomic E-state index is 0.106. The van der Waals surface area contributed by atoms with Crippen LogP contribution < -0.4 is 5.32 Å². The number of rotatable bonds is 7. The van der Waals surface area contributed by atoms with Crippen molar-refractivity contribution in [2.24, 2.45) is 0 Å². The molecule has 0 saturated heterocycles. The molecule has 0 fully saturated rings. The van der Waals surface area contributed by atoms with Gasteiger partial charge in [-0.15, -0.1) is 0 Å². The van der Waals surface area contributed by atoms with Gasteiger partial charge in [0.15, 0.2) is 0 Å². The molecule has 0 bridgehead atoms. The molecule has 0 aliphatic rings. The average molecular weight is 246 g/mol. The lowest BCUT2D eigenvalue weighted by molar-refractivity contribution is -0.138. The van der Waals surface area contributed by atoms with E-state index in [1.54, 1.807) is 28.0 Å². The van der Waals surface area contributed by atoms with E-state index in [2.05, 4.69) is 5.32 Å². The van der Waals surface area contributed by atoms with Crippen molar-refractivity contribution in [1.29, 1.82) is 0 Å². The van der Waals surface area contributed by atoms with Gasteiger partial charge in [0, 0.05) is 32.8 Å². The van der Waals surface area contributed by atoms with Gasteiger partial charge in [0.1, 0.15) is 0 Å². The molecule has 0 saturated carbocycles. The van der Waals surface area contributed by atoms with Crippen molar-refractivity contribution in [3.8, 4) is 0 Å². The molecule has 0 radical (unpaired) electrons. The van der Waals surface area contributed by atoms with Crippen LogP contribution in [0.5, 0.6) is 0 Å². The largest absolute Gasteiger partial charge is 0.481 e. The van der Waals surface area contributed by atoms with Crippen LogP contribution in [0.3, 0.4) is 0 Å². The summed E-state index contributed by atoms with van der Waals surface area (Å²) in [5, 5.41) is 11.4. The molecule has 0 rings (SSSR count). The molecule has 17 heavy (non-hydrogen) atoms. The van der Waals surface area contributed by atoms with Gasteiger partial charge >= 0.3 is 12.0 Å². The van der Waals surface area contributed by atoms with Gasteiger partial charge in [0.05, 0.1) is 6.42 Å². The van der Waals surface area contributed by atoms with Crippen LogP contribution in [0, 0.1) is 0 Å². The number of carbonyl (C=O) groups is 2. The Bertz CT molecular complexity index is 266. The van der Waals surface area contributed by atoms with Crippen molar-refractivity contribution in [2.75, 3.05) is 27.3 Å². The zero-order chi connectivity index (χ0) is 13.5. The summed E-state index contributed by atoms with van der Waals surface area (Å²) in [6, 6.07) is -0.271. The van der Waals surface area contributed by atoms with E-state index in [0.29, 0.717) is 13.2 Å². The lowest BCUT2D eigenvalue weighted by atomic mass is 10.0. The number of hydrogen-bond acceptors (Lipinski definition) is 3. The topological polar surface area (TPSA) is 78.9 Å². The highest BCUT2D eigenvalue weighted by atomic mass is 16.5. The summed E-state index contributed by atoms with van der Waals surface area (Å²) in [6.07, 6.45) is 0.643. The van der Waals surface area contributed by atoms with E-state index in [-0.39, 0.29) is 12.5 Å². The Balaban J connectivity index is 4.09. The van der Waals surface area contributed by atoms with E-state index >= 15 is 0 Å². The van der Waals surface area contributed by atoms with Crippen molar-refractivity contribution >= 4 is 12.0 Å². The molecule has 6 nitrogen and oxygen atoms in total. The molecule has 100 valence electrons. The molecule has 0 unspecified atom stereocenters. The number of ether oxygens (including phenoxy) is 1. The number of carboxylic acid groups (broad SMARTS) is 1. The van der Waals surface area contributed by atoms with E-state index in [9.17, 15) is 9.59 Å². The van der Waals surface area contributed by atoms with E-state index < -0.39 is 11.5 Å². The Kier molecular flexibility index (Phi) is 6.57. The van der Waals surface area contributed by atoms with Crippen LogP contribution in [-0.2, 0) is 9.53 Å². The minimum Gasteiger partial charge on any atom is -0.481 e. The second kappa shape index (κ2) is 7.11. The first-order valence-electron chi connectivity index (χ1n) is 5.52. The minimum atomic E-state index is -0.933. The molecule has 0 aromatic carbocycles. The third kappa shape index (κ3) is 7.57. The van der Waals surface area contributed by atoms with Crippen molar-refractivity contribution in [3.05, 3.63) is 0 Å². The van der Waals surface area contributed by atoms with Gasteiger partial charge in [-0.3, -0.25) is 4.79 Å². The number of urea groups is 1. The van der Waals surface area contributed by atoms with Crippen molar-refractivity contribution in [2.45, 2.75) is 32.2 Å². The molecular formula is C11H22N2O4. The number of methoxy groups -OCH3 is 1. The first kappa shape index (κ1) is 15.7. The fraction of sp³-hybridized carbons (Fsp3) is 0.818. The molecule has 2 N–H and O–H groups in total. The number of amides is 2. The molecule has 0 aliphatic heterocycles. The van der Waals surface area contributed by atoms with Gasteiger partial charge in [-0.25, -0.2) is 4.79 Å². The third-order valence-electron chi connectivity index (χ3n) is 2.23. The summed E-state index contributed by atoms with van der Waals surface area (Å²) in [6.45, 7) is 4.53. The molecule has 0 aliphatic carbocycles. The highest BCUT2D eigenvalue weighted by molar-refractivity contribution is 5.76. The smallest absolute Gasteiger partial charge is 0.317 e. The number of nitrogens with one attached hydrogen (secondary N) is 1. The summed E-state index contributed by atoms with van der Waals surface area (Å²) < 4.78 is 4.89. The zero-order valence-corrected chi connectivity index (χ0v) is 10.9. The van der Waals surface area contributed by atoms with Crippen LogP contribution in [-0.4, -0.2) is 54.9 Å². The predicted molar refractivity (Wildman–Crippen MR) is 64.0 cm³/mol. The van der Waals surface area contributed by atoms with E-state index in [4.69, 9.17) is 9.84 Å². The predicted octanol–water partition coefficient (Wildman–Crippen LogP) is 0.918. The number of carbonyl (C=O) groups excluding carboxylic acids is 1. The monoisotopic (exact) mass is 246 g/mol. The van der Waals surface area contributed by atoms with Crippen LogP contribution in [0.4, 0.5) is 4.79 Å². The Labute approximate surface area is 102 Å². The molecular weight excluding hydrogens is 224 g/mol. The van der Waals surface area contributed by atoms with E-state index in [0.717, 1.165) is 6.42 Å². The Hall–Kier alpha value is -1.30. The second-order valence-corrected chi connectivity index (χ2v) is 4.65. The molecule has 0 heterocycles. The van der Waals surface area contributed by atoms with Gasteiger partial charge in [0.25, 0.3) is 0 Å². The maximum Gasteiger partial charge on any atom is 0.317 e. The van der Waals surface area contributed by atoms with Gasteiger partial charge in [0.2, 0.25) is 0 Å². The SMILES string of the molecule is COCCCN(C)C(=O)NC(C)(C)CC(=O)O. The number of hydrogen-bond donors (Lipinski definition) is 2. The maximum absolute atomic E-state index is 11.7. The van der Waals surface area contributed by atoms with Crippen LogP contribution >= 0.6 is 0 Å². The van der Waals surface area contributed by atoms with Crippen LogP contribution in [0.1, 0.15) is 26.7 Å². The fourth-order valence-corrected chi connectivity index (χ4v) is 1.35. The summed E-state index contributed by atoms with van der Waals surface area (Å²) in [7, 11) is 3.28. The van der Waals surface area contributed by atoms with Gasteiger partial charge in [-0.05, 0) is 20.3 Å². The molecule has 2 amide bonds. The van der Waals surface area contributed by atoms with Gasteiger partial charge in [-0.1, -0.05) is 0 Å². The fourth-order valence-electron chi connectivity index (χ4n) is 1.35. The Morgan fingerprint density at radius 1 is 1.41 bits per heavy atom. The second-order valence-electron chi connectivity index (χ2n) is 4.65. The standard InChI is InChI=1S/C11H22N2O4/c1-11(2,8-9(14)15)12-10(16)13(3)6-5-7-17-4/h5-8H2,1-4H3,(H,12,16)(H,14,15). The van der Waals surface area contributed by atoms with Crippen LogP contribution in [0.15, 0.2) is 0 Å². The molecule has 6 heteroatoms. The van der Waals surface area contributed by atoms with Crippen molar-refractivity contribution < 1.29 is 19.4 Å². The summed E-state index contributed by atoms with van der Waals surface area (Å²) >= 11 is 0. The van der Waals surface area contributed by atoms with Crippen molar-refractivity contribution in [1.82, 2.24) is 10.2 Å². The summed E-state index contributed by atoms with van der Waals surface area (Å²) in [5.74, 6) is -0.933. The average Bonchev–Trinajstić information content (AvgIpc) is 2.14. The van der Waals surface area contributed by atoms with E-state index in [1.165, 1.54) is 4.90 Å². The first-order valence-corrected chi connectivity index (χ1v) is 5.52. The summed E-state index contributed by atoms with van der Waals surface area (Å²) in [4.78, 5) is 23.8. The van der Waals surface area contributed by atoms with Crippen LogP contribution in [0.2, 0.25) is 0 Å². The summed E-state index contributed by atoms with van der Waals surface area (Å²) in [5.41, 5.74) is -0.752. The maximum atomic E-state index is 11.7. The quantitative estimate of drug-likeness (QED) is 0.655. The molecule has 0 aromatic heterocycles. The Morgan fingerprint density at radius 3 is 2.47 bits per heavy atom. The lowest BCUT2D eigenvalue weighted by Gasteiger charge is -2.28. The molecule has 0 aromatic rings. The number of carboxylic acids is 1. The first-order chi connectivity index (χ1) is 7.78. The normalized spacial score (nSPS) is 11.1. The zero-order valence-electron chi connectivity index (χ0n) is 10.9. The number of aliphatic carboxylic acids is 1. The molecule has 0 atom stereocenters. The van der Waals surface area contributed by atoms with E-state index in [1.807, 2.05) is 0 Å². The molecule has 0 spiro atoms. The van der Waals surface area contributed by atoms with Crippen molar-refractivity contribution in [3.63, 3.8) is 0 Å². The highest BCUT2D eigenvalue weighted by Gasteiger charge is 2.25. The van der Waals surface area contributed by atoms with Gasteiger partial charge < -0.3 is 20.1 Å². The van der Waals surface area contributed by atoms with Gasteiger partial charge in [-0.2, -0.15) is 0 Å². The highest BCUT2D eigenvalue weighted by Crippen LogP contribution is 2.08. The third-order valence-corrected chi connectivity index (χ3v) is 2.23. The Morgan fingerprint density at radius 2 is 2.00 bits per heavy atom. The number of nitrogens with zero attached hydrogens (tertiary/aromatic N) is 1.